The van der Waals surface area contributed by atoms with E-state index in [9.17, 15) is 5.11 Å². The van der Waals surface area contributed by atoms with Crippen LogP contribution >= 0.6 is 0 Å². The van der Waals surface area contributed by atoms with Gasteiger partial charge in [0.25, 0.3) is 0 Å². The second kappa shape index (κ2) is 4.39. The Labute approximate surface area is 107 Å². The Morgan fingerprint density at radius 1 is 1.33 bits per heavy atom. The molecule has 0 radical (unpaired) electrons. The number of rotatable bonds is 2. The standard InChI is InChI=1S/C13H20N4O/c1-16(2)13-14-6-5-12(15-13)17-7-9-3-4-11(18)10(9)8-17/h5-6,9-11,18H,3-4,7-8H2,1-2H3. The third kappa shape index (κ3) is 1.92. The number of aromatic nitrogens is 2. The van der Waals surface area contributed by atoms with Gasteiger partial charge in [0.15, 0.2) is 0 Å². The smallest absolute Gasteiger partial charge is 0.226 e. The van der Waals surface area contributed by atoms with Crippen molar-refractivity contribution in [3.63, 3.8) is 0 Å². The van der Waals surface area contributed by atoms with Gasteiger partial charge in [0.05, 0.1) is 6.10 Å². The highest BCUT2D eigenvalue weighted by Crippen LogP contribution is 2.39. The zero-order valence-corrected chi connectivity index (χ0v) is 11.0. The number of aliphatic hydroxyl groups is 1. The first-order chi connectivity index (χ1) is 8.65. The van der Waals surface area contributed by atoms with Crippen molar-refractivity contribution in [2.45, 2.75) is 18.9 Å². The molecule has 1 aliphatic heterocycles. The van der Waals surface area contributed by atoms with Crippen molar-refractivity contribution in [3.05, 3.63) is 12.3 Å². The summed E-state index contributed by atoms with van der Waals surface area (Å²) in [5.41, 5.74) is 0. The molecule has 1 saturated carbocycles. The van der Waals surface area contributed by atoms with Gasteiger partial charge in [0, 0.05) is 39.3 Å². The molecule has 0 bridgehead atoms. The van der Waals surface area contributed by atoms with Crippen LogP contribution < -0.4 is 9.80 Å². The third-order valence-electron chi connectivity index (χ3n) is 4.17. The summed E-state index contributed by atoms with van der Waals surface area (Å²) in [6.07, 6.45) is 3.81. The summed E-state index contributed by atoms with van der Waals surface area (Å²) >= 11 is 0. The highest BCUT2D eigenvalue weighted by Gasteiger charge is 2.42. The molecule has 3 unspecified atom stereocenters. The van der Waals surface area contributed by atoms with E-state index >= 15 is 0 Å². The minimum Gasteiger partial charge on any atom is -0.393 e. The Hall–Kier alpha value is -1.36. The second-order valence-electron chi connectivity index (χ2n) is 5.58. The number of fused-ring (bicyclic) bond motifs is 1. The molecule has 0 amide bonds. The number of hydrogen-bond donors (Lipinski definition) is 1. The number of hydrogen-bond acceptors (Lipinski definition) is 5. The van der Waals surface area contributed by atoms with Crippen LogP contribution in [0.1, 0.15) is 12.8 Å². The Morgan fingerprint density at radius 3 is 2.89 bits per heavy atom. The lowest BCUT2D eigenvalue weighted by Crippen LogP contribution is -2.25. The van der Waals surface area contributed by atoms with Crippen LogP contribution in [-0.4, -0.2) is 48.4 Å². The monoisotopic (exact) mass is 248 g/mol. The molecule has 1 N–H and O–H groups in total. The highest BCUT2D eigenvalue weighted by molar-refractivity contribution is 5.44. The molecule has 1 saturated heterocycles. The predicted octanol–water partition coefficient (Wildman–Crippen LogP) is 0.750. The molecule has 5 nitrogen and oxygen atoms in total. The first-order valence-electron chi connectivity index (χ1n) is 6.58. The lowest BCUT2D eigenvalue weighted by Gasteiger charge is -2.20. The van der Waals surface area contributed by atoms with Crippen molar-refractivity contribution in [2.24, 2.45) is 11.8 Å². The molecule has 98 valence electrons. The van der Waals surface area contributed by atoms with Crippen LogP contribution in [0.25, 0.3) is 0 Å². The minimum atomic E-state index is -0.116. The summed E-state index contributed by atoms with van der Waals surface area (Å²) in [6, 6.07) is 1.96. The van der Waals surface area contributed by atoms with E-state index < -0.39 is 0 Å². The van der Waals surface area contributed by atoms with E-state index in [1.807, 2.05) is 31.3 Å². The Kier molecular flexibility index (Phi) is 2.86. The van der Waals surface area contributed by atoms with Crippen molar-refractivity contribution in [1.29, 1.82) is 0 Å². The quantitative estimate of drug-likeness (QED) is 0.837. The maximum atomic E-state index is 9.94. The van der Waals surface area contributed by atoms with Gasteiger partial charge >= 0.3 is 0 Å². The van der Waals surface area contributed by atoms with Crippen LogP contribution in [0.5, 0.6) is 0 Å². The molecular weight excluding hydrogens is 228 g/mol. The summed E-state index contributed by atoms with van der Waals surface area (Å²) in [5, 5.41) is 9.94. The fourth-order valence-electron chi connectivity index (χ4n) is 3.15. The van der Waals surface area contributed by atoms with Crippen LogP contribution in [0, 0.1) is 11.8 Å². The van der Waals surface area contributed by atoms with E-state index in [1.165, 1.54) is 0 Å². The van der Waals surface area contributed by atoms with Gasteiger partial charge in [0.2, 0.25) is 5.95 Å². The van der Waals surface area contributed by atoms with Crippen molar-refractivity contribution >= 4 is 11.8 Å². The van der Waals surface area contributed by atoms with Crippen LogP contribution in [0.2, 0.25) is 0 Å². The first kappa shape index (κ1) is 11.7. The van der Waals surface area contributed by atoms with E-state index in [0.29, 0.717) is 11.8 Å². The van der Waals surface area contributed by atoms with Gasteiger partial charge in [-0.15, -0.1) is 0 Å². The van der Waals surface area contributed by atoms with Gasteiger partial charge in [-0.2, -0.15) is 4.98 Å². The van der Waals surface area contributed by atoms with E-state index in [1.54, 1.807) is 0 Å². The SMILES string of the molecule is CN(C)c1nccc(N2CC3CCC(O)C3C2)n1. The normalized spacial score (nSPS) is 30.6. The Bertz CT molecular complexity index is 437. The molecule has 18 heavy (non-hydrogen) atoms. The highest BCUT2D eigenvalue weighted by atomic mass is 16.3. The summed E-state index contributed by atoms with van der Waals surface area (Å²) < 4.78 is 0. The molecular formula is C13H20N4O. The van der Waals surface area contributed by atoms with Crippen molar-refractivity contribution in [2.75, 3.05) is 37.0 Å². The summed E-state index contributed by atoms with van der Waals surface area (Å²) in [5.74, 6) is 2.79. The zero-order chi connectivity index (χ0) is 12.7. The average molecular weight is 248 g/mol. The van der Waals surface area contributed by atoms with Gasteiger partial charge in [-0.25, -0.2) is 4.98 Å². The molecule has 1 aromatic rings. The topological polar surface area (TPSA) is 52.5 Å². The summed E-state index contributed by atoms with van der Waals surface area (Å²) in [4.78, 5) is 13.0. The Morgan fingerprint density at radius 2 is 2.17 bits per heavy atom. The molecule has 3 atom stereocenters. The maximum absolute atomic E-state index is 9.94. The van der Waals surface area contributed by atoms with Crippen molar-refractivity contribution in [3.8, 4) is 0 Å². The minimum absolute atomic E-state index is 0.116. The van der Waals surface area contributed by atoms with Gasteiger partial charge < -0.3 is 14.9 Å². The number of nitrogens with zero attached hydrogens (tertiary/aromatic N) is 4. The van der Waals surface area contributed by atoms with Gasteiger partial charge in [-0.1, -0.05) is 0 Å². The van der Waals surface area contributed by atoms with Crippen LogP contribution in [0.4, 0.5) is 11.8 Å². The van der Waals surface area contributed by atoms with Gasteiger partial charge in [-0.3, -0.25) is 0 Å². The molecule has 2 heterocycles. The van der Waals surface area contributed by atoms with Crippen molar-refractivity contribution in [1.82, 2.24) is 9.97 Å². The van der Waals surface area contributed by atoms with Crippen LogP contribution in [0.3, 0.4) is 0 Å². The number of aliphatic hydroxyl groups excluding tert-OH is 1. The van der Waals surface area contributed by atoms with Gasteiger partial charge in [0.1, 0.15) is 5.82 Å². The zero-order valence-electron chi connectivity index (χ0n) is 11.0. The molecule has 2 aliphatic rings. The first-order valence-corrected chi connectivity index (χ1v) is 6.58. The summed E-state index contributed by atoms with van der Waals surface area (Å²) in [7, 11) is 3.89. The second-order valence-corrected chi connectivity index (χ2v) is 5.58. The fraction of sp³-hybridized carbons (Fsp3) is 0.692. The molecule has 2 fully saturated rings. The van der Waals surface area contributed by atoms with Gasteiger partial charge in [-0.05, 0) is 24.8 Å². The number of anilines is 2. The Balaban J connectivity index is 1.78. The lowest BCUT2D eigenvalue weighted by atomic mass is 10.00. The van der Waals surface area contributed by atoms with Crippen LogP contribution in [-0.2, 0) is 0 Å². The molecule has 0 spiro atoms. The predicted molar refractivity (Wildman–Crippen MR) is 70.8 cm³/mol. The summed E-state index contributed by atoms with van der Waals surface area (Å²) in [6.45, 7) is 1.95. The van der Waals surface area contributed by atoms with E-state index in [-0.39, 0.29) is 6.10 Å². The molecule has 3 rings (SSSR count). The van der Waals surface area contributed by atoms with Crippen molar-refractivity contribution < 1.29 is 5.11 Å². The molecule has 5 heteroatoms. The maximum Gasteiger partial charge on any atom is 0.226 e. The lowest BCUT2D eigenvalue weighted by molar-refractivity contribution is 0.133. The fourth-order valence-corrected chi connectivity index (χ4v) is 3.15. The molecule has 1 aliphatic carbocycles. The molecule has 0 aromatic carbocycles. The largest absolute Gasteiger partial charge is 0.393 e. The van der Waals surface area contributed by atoms with Crippen LogP contribution in [0.15, 0.2) is 12.3 Å². The van der Waals surface area contributed by atoms with E-state index in [2.05, 4.69) is 14.9 Å². The van der Waals surface area contributed by atoms with E-state index in [4.69, 9.17) is 0 Å². The third-order valence-corrected chi connectivity index (χ3v) is 4.17. The average Bonchev–Trinajstić information content (AvgIpc) is 2.92. The van der Waals surface area contributed by atoms with E-state index in [0.717, 1.165) is 37.7 Å². The molecule has 1 aromatic heterocycles.